The van der Waals surface area contributed by atoms with Gasteiger partial charge >= 0.3 is 6.03 Å². The average molecular weight is 581 g/mol. The number of rotatable bonds is 7. The van der Waals surface area contributed by atoms with Gasteiger partial charge in [0.25, 0.3) is 0 Å². The lowest BCUT2D eigenvalue weighted by atomic mass is 10.1. The summed E-state index contributed by atoms with van der Waals surface area (Å²) in [7, 11) is 3.73. The van der Waals surface area contributed by atoms with Gasteiger partial charge in [0.15, 0.2) is 0 Å². The monoisotopic (exact) mass is 580 g/mol. The van der Waals surface area contributed by atoms with Crippen molar-refractivity contribution in [1.29, 1.82) is 5.41 Å². The van der Waals surface area contributed by atoms with Gasteiger partial charge in [-0.1, -0.05) is 30.3 Å². The summed E-state index contributed by atoms with van der Waals surface area (Å²) in [6.07, 6.45) is 3.20. The van der Waals surface area contributed by atoms with Crippen LogP contribution in [-0.2, 0) is 6.54 Å². The molecule has 2 aliphatic rings. The molecule has 2 aromatic carbocycles. The molecular formula is C33H40N8O2. The van der Waals surface area contributed by atoms with E-state index in [0.29, 0.717) is 23.0 Å². The normalized spacial score (nSPS) is 18.0. The molecule has 1 aromatic heterocycles. The first-order chi connectivity index (χ1) is 20.7. The SMILES string of the molecule is COc1ccc(N2C(=N)/C(=C\N=C(/C)Nc3ccc(CN4CCN(C)CC4)cc3)CN(c3c(C)cccc3C)C2=O)nc1. The second-order valence-corrected chi connectivity index (χ2v) is 11.1. The van der Waals surface area contributed by atoms with Crippen molar-refractivity contribution in [2.45, 2.75) is 27.3 Å². The zero-order chi connectivity index (χ0) is 30.5. The molecule has 10 nitrogen and oxygen atoms in total. The number of piperazine rings is 1. The van der Waals surface area contributed by atoms with E-state index >= 15 is 0 Å². The van der Waals surface area contributed by atoms with Gasteiger partial charge in [-0.05, 0) is 68.8 Å². The maximum atomic E-state index is 13.8. The van der Waals surface area contributed by atoms with E-state index in [1.54, 1.807) is 36.5 Å². The van der Waals surface area contributed by atoms with E-state index < -0.39 is 0 Å². The number of aliphatic imine (C=N–C) groups is 1. The molecule has 2 amide bonds. The van der Waals surface area contributed by atoms with Crippen molar-refractivity contribution in [3.63, 3.8) is 0 Å². The fourth-order valence-electron chi connectivity index (χ4n) is 5.39. The minimum Gasteiger partial charge on any atom is -0.495 e. The molecule has 224 valence electrons. The van der Waals surface area contributed by atoms with Crippen molar-refractivity contribution in [3.8, 4) is 5.75 Å². The zero-order valence-corrected chi connectivity index (χ0v) is 25.6. The van der Waals surface area contributed by atoms with Crippen LogP contribution in [0, 0.1) is 19.3 Å². The summed E-state index contributed by atoms with van der Waals surface area (Å²) in [6, 6.07) is 17.4. The van der Waals surface area contributed by atoms with Crippen molar-refractivity contribution >= 4 is 34.9 Å². The third-order valence-electron chi connectivity index (χ3n) is 7.87. The molecule has 2 fully saturated rings. The summed E-state index contributed by atoms with van der Waals surface area (Å²) in [5, 5.41) is 12.3. The van der Waals surface area contributed by atoms with E-state index in [9.17, 15) is 4.79 Å². The molecule has 43 heavy (non-hydrogen) atoms. The van der Waals surface area contributed by atoms with Crippen LogP contribution < -0.4 is 19.9 Å². The van der Waals surface area contributed by atoms with E-state index in [2.05, 4.69) is 56.4 Å². The molecular weight excluding hydrogens is 540 g/mol. The second-order valence-electron chi connectivity index (χ2n) is 11.1. The topological polar surface area (TPSA) is 100 Å². The summed E-state index contributed by atoms with van der Waals surface area (Å²) < 4.78 is 5.24. The lowest BCUT2D eigenvalue weighted by molar-refractivity contribution is 0.148. The van der Waals surface area contributed by atoms with Gasteiger partial charge in [-0.2, -0.15) is 0 Å². The van der Waals surface area contributed by atoms with E-state index in [1.165, 1.54) is 10.5 Å². The molecule has 3 aromatic rings. The fourth-order valence-corrected chi connectivity index (χ4v) is 5.39. The number of carbonyl (C=O) groups is 1. The number of urea groups is 1. The third-order valence-corrected chi connectivity index (χ3v) is 7.87. The molecule has 0 spiro atoms. The molecule has 2 N–H and O–H groups in total. The molecule has 2 aliphatic heterocycles. The molecule has 10 heteroatoms. The fraction of sp³-hybridized carbons (Fsp3) is 0.333. The summed E-state index contributed by atoms with van der Waals surface area (Å²) in [5.74, 6) is 1.63. The van der Waals surface area contributed by atoms with Crippen LogP contribution in [-0.4, -0.2) is 79.4 Å². The van der Waals surface area contributed by atoms with Crippen molar-refractivity contribution in [2.75, 3.05) is 62.0 Å². The number of hydrogen-bond donors (Lipinski definition) is 2. The quantitative estimate of drug-likeness (QED) is 0.291. The smallest absolute Gasteiger partial charge is 0.336 e. The number of pyridine rings is 1. The number of aromatic nitrogens is 1. The van der Waals surface area contributed by atoms with Crippen LogP contribution in [0.15, 0.2) is 77.6 Å². The number of amidine groups is 2. The Balaban J connectivity index is 1.36. The first kappa shape index (κ1) is 29.9. The van der Waals surface area contributed by atoms with E-state index in [-0.39, 0.29) is 18.4 Å². The molecule has 0 saturated carbocycles. The number of amides is 2. The number of nitrogens with zero attached hydrogens (tertiary/aromatic N) is 6. The minimum atomic E-state index is -0.340. The first-order valence-electron chi connectivity index (χ1n) is 14.5. The lowest BCUT2D eigenvalue weighted by Crippen LogP contribution is -2.54. The third kappa shape index (κ3) is 6.93. The zero-order valence-electron chi connectivity index (χ0n) is 25.6. The number of nitrogens with one attached hydrogen (secondary N) is 2. The van der Waals surface area contributed by atoms with Crippen LogP contribution in [0.2, 0.25) is 0 Å². The lowest BCUT2D eigenvalue weighted by Gasteiger charge is -2.37. The van der Waals surface area contributed by atoms with Gasteiger partial charge in [0, 0.05) is 50.2 Å². The molecule has 0 unspecified atom stereocenters. The Morgan fingerprint density at radius 2 is 1.74 bits per heavy atom. The molecule has 0 atom stereocenters. The molecule has 3 heterocycles. The second kappa shape index (κ2) is 13.2. The van der Waals surface area contributed by atoms with Crippen LogP contribution in [0.4, 0.5) is 22.0 Å². The summed E-state index contributed by atoms with van der Waals surface area (Å²) in [6.45, 7) is 11.4. The highest BCUT2D eigenvalue weighted by atomic mass is 16.5. The molecule has 2 saturated heterocycles. The van der Waals surface area contributed by atoms with E-state index in [0.717, 1.165) is 55.2 Å². The Hall–Kier alpha value is -4.54. The van der Waals surface area contributed by atoms with Crippen LogP contribution in [0.1, 0.15) is 23.6 Å². The maximum absolute atomic E-state index is 13.8. The van der Waals surface area contributed by atoms with Crippen LogP contribution >= 0.6 is 0 Å². The maximum Gasteiger partial charge on any atom is 0.336 e. The Morgan fingerprint density at radius 3 is 2.37 bits per heavy atom. The number of benzene rings is 2. The van der Waals surface area contributed by atoms with Gasteiger partial charge in [0.2, 0.25) is 0 Å². The average Bonchev–Trinajstić information content (AvgIpc) is 3.00. The van der Waals surface area contributed by atoms with Crippen LogP contribution in [0.25, 0.3) is 0 Å². The highest BCUT2D eigenvalue weighted by Gasteiger charge is 2.37. The van der Waals surface area contributed by atoms with Gasteiger partial charge in [-0.15, -0.1) is 0 Å². The highest BCUT2D eigenvalue weighted by Crippen LogP contribution is 2.32. The largest absolute Gasteiger partial charge is 0.495 e. The minimum absolute atomic E-state index is 0.0370. The summed E-state index contributed by atoms with van der Waals surface area (Å²) in [4.78, 5) is 30.8. The number of ether oxygens (including phenoxy) is 1. The molecule has 0 aliphatic carbocycles. The predicted molar refractivity (Wildman–Crippen MR) is 174 cm³/mol. The Labute approximate surface area is 253 Å². The number of aryl methyl sites for hydroxylation is 2. The van der Waals surface area contributed by atoms with Gasteiger partial charge in [0.05, 0.1) is 25.5 Å². The first-order valence-corrected chi connectivity index (χ1v) is 14.5. The molecule has 0 radical (unpaired) electrons. The number of hydrogen-bond acceptors (Lipinski definition) is 7. The Kier molecular flexibility index (Phi) is 9.18. The molecule has 5 rings (SSSR count). The van der Waals surface area contributed by atoms with Crippen molar-refractivity contribution in [1.82, 2.24) is 14.8 Å². The van der Waals surface area contributed by atoms with Gasteiger partial charge in [-0.3, -0.25) is 15.2 Å². The summed E-state index contributed by atoms with van der Waals surface area (Å²) in [5.41, 5.74) is 5.58. The van der Waals surface area contributed by atoms with Gasteiger partial charge in [-0.25, -0.2) is 19.7 Å². The number of methoxy groups -OCH3 is 1. The van der Waals surface area contributed by atoms with Crippen molar-refractivity contribution in [3.05, 3.63) is 89.3 Å². The highest BCUT2D eigenvalue weighted by molar-refractivity contribution is 6.28. The summed E-state index contributed by atoms with van der Waals surface area (Å²) >= 11 is 0. The standard InChI is InChI=1S/C33H40N8O2/c1-23-7-6-8-24(2)31(23)40-22-27(32(34)41(33(40)42)30-14-13-29(43-5)20-36-30)19-35-25(3)37-28-11-9-26(10-12-28)21-39-17-15-38(4)16-18-39/h6-14,19-20,34H,15-18,21-22H2,1-5H3,(H,35,37)/b27-19-,34-32?. The Bertz CT molecular complexity index is 1500. The predicted octanol–water partition coefficient (Wildman–Crippen LogP) is 5.29. The molecule has 0 bridgehead atoms. The van der Waals surface area contributed by atoms with Gasteiger partial charge in [0.1, 0.15) is 23.2 Å². The number of carbonyl (C=O) groups excluding carboxylic acids is 1. The van der Waals surface area contributed by atoms with E-state index in [4.69, 9.17) is 10.1 Å². The van der Waals surface area contributed by atoms with E-state index in [1.807, 2.05) is 39.0 Å². The van der Waals surface area contributed by atoms with Crippen molar-refractivity contribution < 1.29 is 9.53 Å². The van der Waals surface area contributed by atoms with Crippen molar-refractivity contribution in [2.24, 2.45) is 4.99 Å². The van der Waals surface area contributed by atoms with Crippen LogP contribution in [0.5, 0.6) is 5.75 Å². The number of likely N-dealkylation sites (N-methyl/N-ethyl adjacent to an activating group) is 1. The van der Waals surface area contributed by atoms with Gasteiger partial charge < -0.3 is 15.0 Å². The number of anilines is 3. The van der Waals surface area contributed by atoms with Crippen LogP contribution in [0.3, 0.4) is 0 Å². The Morgan fingerprint density at radius 1 is 1.05 bits per heavy atom. The number of para-hydroxylation sites is 1.